The summed E-state index contributed by atoms with van der Waals surface area (Å²) in [6, 6.07) is 12.1. The van der Waals surface area contributed by atoms with Crippen molar-refractivity contribution in [3.63, 3.8) is 0 Å². The lowest BCUT2D eigenvalue weighted by Gasteiger charge is -2.27. The van der Waals surface area contributed by atoms with E-state index >= 15 is 0 Å². The lowest BCUT2D eigenvalue weighted by atomic mass is 10.0. The standard InChI is InChI=1S/C28H36N8O3/c1-18(2)25-32-26(34-27(33-25)36-13-15-39-16-14-36)19-5-7-21(8-6-19)30-28(38)31-22-9-10-23(24(29)37)20(17-22)11-12-35(3)4/h5-10,17-18H,11-16H2,1-4H3,(H2,29,37)(H2,30,31,38). The van der Waals surface area contributed by atoms with E-state index in [4.69, 9.17) is 15.5 Å². The summed E-state index contributed by atoms with van der Waals surface area (Å²) < 4.78 is 5.46. The summed E-state index contributed by atoms with van der Waals surface area (Å²) >= 11 is 0. The van der Waals surface area contributed by atoms with Gasteiger partial charge in [-0.2, -0.15) is 9.97 Å². The molecule has 2 heterocycles. The van der Waals surface area contributed by atoms with Crippen LogP contribution >= 0.6 is 0 Å². The minimum absolute atomic E-state index is 0.150. The molecule has 11 nitrogen and oxygen atoms in total. The van der Waals surface area contributed by atoms with E-state index in [1.807, 2.05) is 31.1 Å². The van der Waals surface area contributed by atoms with E-state index in [0.717, 1.165) is 36.6 Å². The molecule has 1 saturated heterocycles. The van der Waals surface area contributed by atoms with Gasteiger partial charge in [-0.05, 0) is 68.5 Å². The first kappa shape index (κ1) is 27.9. The lowest BCUT2D eigenvalue weighted by Crippen LogP contribution is -2.37. The van der Waals surface area contributed by atoms with Crippen LogP contribution in [0.2, 0.25) is 0 Å². The monoisotopic (exact) mass is 532 g/mol. The Balaban J connectivity index is 1.46. The molecule has 0 saturated carbocycles. The fourth-order valence-electron chi connectivity index (χ4n) is 4.13. The lowest BCUT2D eigenvalue weighted by molar-refractivity contribution is 0.0999. The van der Waals surface area contributed by atoms with Crippen LogP contribution in [-0.2, 0) is 11.2 Å². The molecular formula is C28H36N8O3. The molecule has 2 aromatic carbocycles. The third kappa shape index (κ3) is 7.49. The molecule has 3 aromatic rings. The van der Waals surface area contributed by atoms with Gasteiger partial charge in [-0.1, -0.05) is 13.8 Å². The molecule has 0 radical (unpaired) electrons. The number of urea groups is 1. The van der Waals surface area contributed by atoms with Crippen LogP contribution in [0, 0.1) is 0 Å². The number of aromatic nitrogens is 3. The molecule has 3 amide bonds. The molecule has 4 rings (SSSR count). The number of carbonyl (C=O) groups is 2. The maximum absolute atomic E-state index is 12.7. The van der Waals surface area contributed by atoms with Gasteiger partial charge in [0, 0.05) is 48.1 Å². The number of amides is 3. The van der Waals surface area contributed by atoms with Gasteiger partial charge in [-0.15, -0.1) is 0 Å². The van der Waals surface area contributed by atoms with E-state index in [0.29, 0.717) is 48.3 Å². The van der Waals surface area contributed by atoms with Crippen molar-refractivity contribution in [3.05, 3.63) is 59.4 Å². The van der Waals surface area contributed by atoms with Crippen molar-refractivity contribution < 1.29 is 14.3 Å². The average Bonchev–Trinajstić information content (AvgIpc) is 2.92. The summed E-state index contributed by atoms with van der Waals surface area (Å²) in [5.41, 5.74) is 8.78. The molecule has 0 aliphatic carbocycles. The van der Waals surface area contributed by atoms with Crippen molar-refractivity contribution in [1.82, 2.24) is 19.9 Å². The number of hydrogen-bond acceptors (Lipinski definition) is 8. The first-order valence-electron chi connectivity index (χ1n) is 13.0. The smallest absolute Gasteiger partial charge is 0.323 e. The fraction of sp³-hybridized carbons (Fsp3) is 0.393. The van der Waals surface area contributed by atoms with Crippen molar-refractivity contribution in [2.45, 2.75) is 26.2 Å². The molecule has 1 fully saturated rings. The Bertz CT molecular complexity index is 1300. The van der Waals surface area contributed by atoms with Gasteiger partial charge in [0.25, 0.3) is 0 Å². The number of morpholine rings is 1. The van der Waals surface area contributed by atoms with Crippen molar-refractivity contribution in [2.24, 2.45) is 5.73 Å². The number of rotatable bonds is 9. The van der Waals surface area contributed by atoms with Crippen molar-refractivity contribution in [1.29, 1.82) is 0 Å². The molecule has 1 aliphatic rings. The van der Waals surface area contributed by atoms with Crippen LogP contribution < -0.4 is 21.3 Å². The number of likely N-dealkylation sites (N-methyl/N-ethyl adjacent to an activating group) is 1. The number of hydrogen-bond donors (Lipinski definition) is 3. The van der Waals surface area contributed by atoms with Gasteiger partial charge in [0.2, 0.25) is 11.9 Å². The van der Waals surface area contributed by atoms with E-state index in [1.165, 1.54) is 0 Å². The van der Waals surface area contributed by atoms with Crippen LogP contribution in [0.3, 0.4) is 0 Å². The van der Waals surface area contributed by atoms with Crippen LogP contribution in [0.1, 0.15) is 41.5 Å². The second kappa shape index (κ2) is 12.6. The molecule has 39 heavy (non-hydrogen) atoms. The van der Waals surface area contributed by atoms with Gasteiger partial charge < -0.3 is 30.9 Å². The van der Waals surface area contributed by atoms with Gasteiger partial charge in [0.05, 0.1) is 13.2 Å². The Morgan fingerprint density at radius 3 is 2.31 bits per heavy atom. The Morgan fingerprint density at radius 1 is 1.00 bits per heavy atom. The first-order valence-corrected chi connectivity index (χ1v) is 13.0. The zero-order valence-electron chi connectivity index (χ0n) is 22.9. The number of primary amides is 1. The molecular weight excluding hydrogens is 496 g/mol. The Labute approximate surface area is 228 Å². The summed E-state index contributed by atoms with van der Waals surface area (Å²) in [5.74, 6) is 1.63. The average molecular weight is 533 g/mol. The predicted octanol–water partition coefficient (Wildman–Crippen LogP) is 3.35. The Morgan fingerprint density at radius 2 is 1.67 bits per heavy atom. The highest BCUT2D eigenvalue weighted by atomic mass is 16.5. The van der Waals surface area contributed by atoms with E-state index < -0.39 is 11.9 Å². The molecule has 1 aromatic heterocycles. The summed E-state index contributed by atoms with van der Waals surface area (Å²) in [5, 5.41) is 5.67. The number of nitrogens with two attached hydrogens (primary N) is 1. The first-order chi connectivity index (χ1) is 18.7. The molecule has 0 atom stereocenters. The molecule has 0 bridgehead atoms. The molecule has 11 heteroatoms. The van der Waals surface area contributed by atoms with E-state index in [-0.39, 0.29) is 5.92 Å². The van der Waals surface area contributed by atoms with E-state index in [9.17, 15) is 9.59 Å². The highest BCUT2D eigenvalue weighted by molar-refractivity contribution is 6.01. The van der Waals surface area contributed by atoms with Gasteiger partial charge >= 0.3 is 6.03 Å². The largest absolute Gasteiger partial charge is 0.378 e. The van der Waals surface area contributed by atoms with Crippen LogP contribution in [0.4, 0.5) is 22.1 Å². The number of nitrogens with one attached hydrogen (secondary N) is 2. The summed E-state index contributed by atoms with van der Waals surface area (Å²) in [6.07, 6.45) is 0.632. The second-order valence-electron chi connectivity index (χ2n) is 10.0. The normalized spacial score (nSPS) is 13.5. The van der Waals surface area contributed by atoms with Gasteiger partial charge in [-0.3, -0.25) is 4.79 Å². The molecule has 1 aliphatic heterocycles. The summed E-state index contributed by atoms with van der Waals surface area (Å²) in [6.45, 7) is 7.63. The molecule has 0 unspecified atom stereocenters. The fourth-order valence-corrected chi connectivity index (χ4v) is 4.13. The zero-order valence-corrected chi connectivity index (χ0v) is 22.9. The van der Waals surface area contributed by atoms with Gasteiger partial charge in [-0.25, -0.2) is 9.78 Å². The van der Waals surface area contributed by atoms with Gasteiger partial charge in [0.15, 0.2) is 5.82 Å². The SMILES string of the molecule is CC(C)c1nc(-c2ccc(NC(=O)Nc3ccc(C(N)=O)c(CCN(C)C)c3)cc2)nc(N2CCOCC2)n1. The highest BCUT2D eigenvalue weighted by Gasteiger charge is 2.18. The molecule has 206 valence electrons. The van der Waals surface area contributed by atoms with Gasteiger partial charge in [0.1, 0.15) is 5.82 Å². The van der Waals surface area contributed by atoms with Crippen LogP contribution in [0.5, 0.6) is 0 Å². The number of ether oxygens (including phenoxy) is 1. The minimum Gasteiger partial charge on any atom is -0.378 e. The number of nitrogens with zero attached hydrogens (tertiary/aromatic N) is 5. The van der Waals surface area contributed by atoms with Crippen molar-refractivity contribution in [3.8, 4) is 11.4 Å². The quantitative estimate of drug-likeness (QED) is 0.381. The highest BCUT2D eigenvalue weighted by Crippen LogP contribution is 2.23. The topological polar surface area (TPSA) is 139 Å². The Hall–Kier alpha value is -4.09. The zero-order chi connectivity index (χ0) is 27.9. The molecule has 0 spiro atoms. The number of anilines is 3. The Kier molecular flexibility index (Phi) is 9.05. The van der Waals surface area contributed by atoms with Crippen LogP contribution in [0.25, 0.3) is 11.4 Å². The third-order valence-corrected chi connectivity index (χ3v) is 6.31. The van der Waals surface area contributed by atoms with Crippen LogP contribution in [0.15, 0.2) is 42.5 Å². The van der Waals surface area contributed by atoms with Crippen molar-refractivity contribution >= 4 is 29.3 Å². The van der Waals surface area contributed by atoms with Crippen molar-refractivity contribution in [2.75, 3.05) is 62.5 Å². The molecule has 4 N–H and O–H groups in total. The second-order valence-corrected chi connectivity index (χ2v) is 10.0. The van der Waals surface area contributed by atoms with E-state index in [1.54, 1.807) is 30.3 Å². The maximum Gasteiger partial charge on any atom is 0.323 e. The number of benzene rings is 2. The van der Waals surface area contributed by atoms with Crippen LogP contribution in [-0.4, -0.2) is 78.7 Å². The summed E-state index contributed by atoms with van der Waals surface area (Å²) in [7, 11) is 3.91. The minimum atomic E-state index is -0.490. The summed E-state index contributed by atoms with van der Waals surface area (Å²) in [4.78, 5) is 42.7. The number of carbonyl (C=O) groups excluding carboxylic acids is 2. The predicted molar refractivity (Wildman–Crippen MR) is 152 cm³/mol. The van der Waals surface area contributed by atoms with E-state index in [2.05, 4.69) is 39.3 Å². The maximum atomic E-state index is 12.7. The third-order valence-electron chi connectivity index (χ3n) is 6.31.